The van der Waals surface area contributed by atoms with Crippen molar-refractivity contribution < 1.29 is 9.53 Å². The van der Waals surface area contributed by atoms with Crippen LogP contribution in [0.4, 0.5) is 5.69 Å². The molecule has 9 heteroatoms. The Bertz CT molecular complexity index is 1150. The van der Waals surface area contributed by atoms with Crippen LogP contribution >= 0.6 is 11.6 Å². The maximum atomic E-state index is 12.7. The Kier molecular flexibility index (Phi) is 4.25. The maximum Gasteiger partial charge on any atom is 0.275 e. The van der Waals surface area contributed by atoms with Crippen molar-refractivity contribution in [3.8, 4) is 17.0 Å². The lowest BCUT2D eigenvalue weighted by atomic mass is 10.1. The number of H-pyrrole nitrogens is 1. The number of nitrogens with one attached hydrogen (secondary N) is 2. The molecule has 0 bridgehead atoms. The van der Waals surface area contributed by atoms with Gasteiger partial charge >= 0.3 is 0 Å². The molecule has 0 fully saturated rings. The summed E-state index contributed by atoms with van der Waals surface area (Å²) in [6.45, 7) is 0. The standard InChI is InChI=1S/C18H15ClN6O2/c1-25-9-14(16(24-25)11-7-10(19)3-4-15(11)27-2)23-18(26)13-8-21-17-12(22-13)5-6-20-17/h3-9H,1-2H3,(H,20,21)(H,23,26). The number of rotatable bonds is 4. The molecule has 0 radical (unpaired) electrons. The molecule has 8 nitrogen and oxygen atoms in total. The van der Waals surface area contributed by atoms with E-state index in [0.29, 0.717) is 38.9 Å². The lowest BCUT2D eigenvalue weighted by Gasteiger charge is -2.09. The van der Waals surface area contributed by atoms with Crippen LogP contribution in [0, 0.1) is 0 Å². The second-order valence-electron chi connectivity index (χ2n) is 5.83. The third-order valence-corrected chi connectivity index (χ3v) is 4.22. The van der Waals surface area contributed by atoms with E-state index >= 15 is 0 Å². The van der Waals surface area contributed by atoms with Gasteiger partial charge in [0.1, 0.15) is 22.7 Å². The van der Waals surface area contributed by atoms with Crippen LogP contribution < -0.4 is 10.1 Å². The first-order valence-electron chi connectivity index (χ1n) is 8.04. The fraction of sp³-hybridized carbons (Fsp3) is 0.111. The minimum atomic E-state index is -0.388. The van der Waals surface area contributed by atoms with E-state index in [0.717, 1.165) is 0 Å². The number of methoxy groups -OCH3 is 1. The highest BCUT2D eigenvalue weighted by molar-refractivity contribution is 6.31. The van der Waals surface area contributed by atoms with E-state index < -0.39 is 0 Å². The molecule has 4 aromatic rings. The summed E-state index contributed by atoms with van der Waals surface area (Å²) in [7, 11) is 3.33. The molecular weight excluding hydrogens is 368 g/mol. The van der Waals surface area contributed by atoms with Gasteiger partial charge in [0.2, 0.25) is 0 Å². The van der Waals surface area contributed by atoms with Gasteiger partial charge in [0.25, 0.3) is 5.91 Å². The topological polar surface area (TPSA) is 97.7 Å². The van der Waals surface area contributed by atoms with Gasteiger partial charge in [-0.1, -0.05) is 11.6 Å². The van der Waals surface area contributed by atoms with Crippen molar-refractivity contribution in [2.45, 2.75) is 0 Å². The van der Waals surface area contributed by atoms with E-state index in [4.69, 9.17) is 16.3 Å². The number of benzene rings is 1. The van der Waals surface area contributed by atoms with Gasteiger partial charge in [0.05, 0.1) is 19.0 Å². The van der Waals surface area contributed by atoms with Crippen molar-refractivity contribution in [3.63, 3.8) is 0 Å². The molecular formula is C18H15ClN6O2. The summed E-state index contributed by atoms with van der Waals surface area (Å²) in [6, 6.07) is 6.98. The molecule has 4 rings (SSSR count). The highest BCUT2D eigenvalue weighted by Gasteiger charge is 2.19. The van der Waals surface area contributed by atoms with Crippen LogP contribution in [0.5, 0.6) is 5.75 Å². The second kappa shape index (κ2) is 6.73. The summed E-state index contributed by atoms with van der Waals surface area (Å²) in [5.41, 5.74) is 3.17. The molecule has 0 unspecified atom stereocenters. The zero-order valence-corrected chi connectivity index (χ0v) is 15.3. The number of aromatic amines is 1. The largest absolute Gasteiger partial charge is 0.496 e. The Balaban J connectivity index is 1.71. The summed E-state index contributed by atoms with van der Waals surface area (Å²) < 4.78 is 7.01. The van der Waals surface area contributed by atoms with Crippen LogP contribution in [-0.2, 0) is 7.05 Å². The average molecular weight is 383 g/mol. The van der Waals surface area contributed by atoms with E-state index in [9.17, 15) is 4.79 Å². The van der Waals surface area contributed by atoms with Gasteiger partial charge in [0, 0.05) is 30.0 Å². The van der Waals surface area contributed by atoms with E-state index in [1.54, 1.807) is 55.5 Å². The molecule has 0 spiro atoms. The number of fused-ring (bicyclic) bond motifs is 1. The number of aromatic nitrogens is 5. The normalized spacial score (nSPS) is 10.9. The highest BCUT2D eigenvalue weighted by Crippen LogP contribution is 2.35. The molecule has 0 saturated carbocycles. The number of amides is 1. The fourth-order valence-corrected chi connectivity index (χ4v) is 2.94. The van der Waals surface area contributed by atoms with Crippen molar-refractivity contribution in [2.24, 2.45) is 7.05 Å². The third kappa shape index (κ3) is 3.22. The lowest BCUT2D eigenvalue weighted by Crippen LogP contribution is -2.14. The summed E-state index contributed by atoms with van der Waals surface area (Å²) in [5.74, 6) is 0.211. The first-order valence-corrected chi connectivity index (χ1v) is 8.42. The van der Waals surface area contributed by atoms with Crippen LogP contribution in [0.15, 0.2) is 42.9 Å². The quantitative estimate of drug-likeness (QED) is 0.564. The Morgan fingerprint density at radius 3 is 3.00 bits per heavy atom. The summed E-state index contributed by atoms with van der Waals surface area (Å²) >= 11 is 6.13. The molecule has 0 aliphatic heterocycles. The molecule has 0 aliphatic rings. The third-order valence-electron chi connectivity index (χ3n) is 3.99. The lowest BCUT2D eigenvalue weighted by molar-refractivity contribution is 0.102. The zero-order chi connectivity index (χ0) is 19.0. The molecule has 1 aromatic carbocycles. The molecule has 27 heavy (non-hydrogen) atoms. The predicted molar refractivity (Wildman–Crippen MR) is 102 cm³/mol. The average Bonchev–Trinajstić information content (AvgIpc) is 3.27. The second-order valence-corrected chi connectivity index (χ2v) is 6.27. The van der Waals surface area contributed by atoms with E-state index in [2.05, 4.69) is 25.4 Å². The van der Waals surface area contributed by atoms with Gasteiger partial charge in [-0.2, -0.15) is 5.10 Å². The molecule has 136 valence electrons. The van der Waals surface area contributed by atoms with Crippen LogP contribution in [0.25, 0.3) is 22.4 Å². The van der Waals surface area contributed by atoms with E-state index in [-0.39, 0.29) is 11.6 Å². The van der Waals surface area contributed by atoms with Crippen LogP contribution in [0.2, 0.25) is 5.02 Å². The molecule has 3 aromatic heterocycles. The van der Waals surface area contributed by atoms with Crippen LogP contribution in [0.3, 0.4) is 0 Å². The van der Waals surface area contributed by atoms with Gasteiger partial charge in [-0.3, -0.25) is 9.48 Å². The smallest absolute Gasteiger partial charge is 0.275 e. The Morgan fingerprint density at radius 2 is 2.19 bits per heavy atom. The zero-order valence-electron chi connectivity index (χ0n) is 14.5. The van der Waals surface area contributed by atoms with E-state index in [1.807, 2.05) is 0 Å². The number of ether oxygens (including phenoxy) is 1. The summed E-state index contributed by atoms with van der Waals surface area (Å²) in [4.78, 5) is 24.1. The summed E-state index contributed by atoms with van der Waals surface area (Å²) in [5, 5.41) is 7.82. The molecule has 0 aliphatic carbocycles. The number of nitrogens with zero attached hydrogens (tertiary/aromatic N) is 4. The van der Waals surface area contributed by atoms with Crippen molar-refractivity contribution in [1.29, 1.82) is 0 Å². The Hall–Kier alpha value is -3.39. The first kappa shape index (κ1) is 17.0. The fourth-order valence-electron chi connectivity index (χ4n) is 2.77. The molecule has 1 amide bonds. The van der Waals surface area contributed by atoms with Gasteiger partial charge in [-0.15, -0.1) is 0 Å². The van der Waals surface area contributed by atoms with Gasteiger partial charge in [-0.25, -0.2) is 9.97 Å². The molecule has 0 saturated heterocycles. The highest BCUT2D eigenvalue weighted by atomic mass is 35.5. The summed E-state index contributed by atoms with van der Waals surface area (Å²) in [6.07, 6.45) is 4.84. The Morgan fingerprint density at radius 1 is 1.33 bits per heavy atom. The Labute approximate surface area is 159 Å². The maximum absolute atomic E-state index is 12.7. The van der Waals surface area contributed by atoms with Gasteiger partial charge in [-0.05, 0) is 24.3 Å². The van der Waals surface area contributed by atoms with Gasteiger partial charge in [0.15, 0.2) is 5.65 Å². The monoisotopic (exact) mass is 382 g/mol. The van der Waals surface area contributed by atoms with Crippen LogP contribution in [0.1, 0.15) is 10.5 Å². The minimum absolute atomic E-state index is 0.204. The van der Waals surface area contributed by atoms with Crippen molar-refractivity contribution in [1.82, 2.24) is 24.7 Å². The van der Waals surface area contributed by atoms with Crippen molar-refractivity contribution in [3.05, 3.63) is 53.6 Å². The SMILES string of the molecule is COc1ccc(Cl)cc1-c1nn(C)cc1NC(=O)c1cnc2[nH]ccc2n1. The molecule has 2 N–H and O–H groups in total. The predicted octanol–water partition coefficient (Wildman–Crippen LogP) is 3.27. The number of carbonyl (C=O) groups excluding carboxylic acids is 1. The number of hydrogen-bond donors (Lipinski definition) is 2. The van der Waals surface area contributed by atoms with Gasteiger partial charge < -0.3 is 15.0 Å². The minimum Gasteiger partial charge on any atom is -0.496 e. The molecule has 0 atom stereocenters. The first-order chi connectivity index (χ1) is 13.0. The van der Waals surface area contributed by atoms with Crippen molar-refractivity contribution in [2.75, 3.05) is 12.4 Å². The number of aryl methyl sites for hydroxylation is 1. The molecule has 3 heterocycles. The number of carbonyl (C=O) groups is 1. The van der Waals surface area contributed by atoms with Crippen LogP contribution in [-0.4, -0.2) is 37.7 Å². The van der Waals surface area contributed by atoms with E-state index in [1.165, 1.54) is 6.20 Å². The van der Waals surface area contributed by atoms with Crippen molar-refractivity contribution >= 4 is 34.4 Å². The number of halogens is 1. The number of anilines is 1. The number of hydrogen-bond acceptors (Lipinski definition) is 5.